The molecule has 0 amide bonds. The molecule has 3 aromatic carbocycles. The van der Waals surface area contributed by atoms with Gasteiger partial charge >= 0.3 is 0 Å². The van der Waals surface area contributed by atoms with E-state index < -0.39 is 0 Å². The molecule has 3 aromatic rings. The van der Waals surface area contributed by atoms with Crippen LogP contribution in [-0.2, 0) is 19.3 Å². The maximum Gasteiger partial charge on any atom is -0.0250 e. The van der Waals surface area contributed by atoms with Gasteiger partial charge in [0, 0.05) is 0 Å². The molecule has 0 aliphatic carbocycles. The van der Waals surface area contributed by atoms with Crippen molar-refractivity contribution < 1.29 is 0 Å². The van der Waals surface area contributed by atoms with E-state index in [0.29, 0.717) is 0 Å². The molecular weight excluding hydrogens is 324 g/mol. The smallest absolute Gasteiger partial charge is 0.0250 e. The summed E-state index contributed by atoms with van der Waals surface area (Å²) in [6.45, 7) is 0. The Balaban J connectivity index is 1.46. The Bertz CT molecular complexity index is 731. The summed E-state index contributed by atoms with van der Waals surface area (Å²) in [6, 6.07) is 32.9. The van der Waals surface area contributed by atoms with E-state index in [1.54, 1.807) is 0 Å². The van der Waals surface area contributed by atoms with Gasteiger partial charge < -0.3 is 0 Å². The molecule has 0 spiro atoms. The van der Waals surface area contributed by atoms with Gasteiger partial charge in [-0.25, -0.2) is 0 Å². The summed E-state index contributed by atoms with van der Waals surface area (Å²) >= 11 is 0. The highest BCUT2D eigenvalue weighted by atomic mass is 14.2. The van der Waals surface area contributed by atoms with Gasteiger partial charge in [-0.15, -0.1) is 0 Å². The molecule has 0 fully saturated rings. The quantitative estimate of drug-likeness (QED) is 0.317. The summed E-state index contributed by atoms with van der Waals surface area (Å²) < 4.78 is 0. The molecule has 0 heteroatoms. The van der Waals surface area contributed by atoms with Crippen LogP contribution in [0.4, 0.5) is 0 Å². The maximum absolute atomic E-state index is 2.29. The minimum atomic E-state index is 0.798. The van der Waals surface area contributed by atoms with Crippen molar-refractivity contribution in [3.8, 4) is 0 Å². The van der Waals surface area contributed by atoms with Gasteiger partial charge in [-0.05, 0) is 61.1 Å². The molecule has 0 aliphatic heterocycles. The Morgan fingerprint density at radius 1 is 0.444 bits per heavy atom. The van der Waals surface area contributed by atoms with Crippen LogP contribution in [0.1, 0.15) is 48.8 Å². The fourth-order valence-electron chi connectivity index (χ4n) is 3.94. The summed E-state index contributed by atoms with van der Waals surface area (Å²) in [6.07, 6.45) is 10.2. The normalized spacial score (nSPS) is 12.0. The zero-order valence-electron chi connectivity index (χ0n) is 16.4. The van der Waals surface area contributed by atoms with Crippen LogP contribution >= 0.6 is 0 Å². The zero-order chi connectivity index (χ0) is 18.6. The minimum Gasteiger partial charge on any atom is -0.0622 e. The number of unbranched alkanes of at least 4 members (excludes halogenated alkanes) is 1. The van der Waals surface area contributed by atoms with Crippen LogP contribution < -0.4 is 0 Å². The molecule has 0 bridgehead atoms. The first kappa shape index (κ1) is 19.4. The number of hydrogen-bond donors (Lipinski definition) is 0. The van der Waals surface area contributed by atoms with Gasteiger partial charge in [0.2, 0.25) is 0 Å². The van der Waals surface area contributed by atoms with Gasteiger partial charge in [-0.3, -0.25) is 0 Å². The fourth-order valence-corrected chi connectivity index (χ4v) is 3.94. The second-order valence-corrected chi connectivity index (χ2v) is 7.66. The van der Waals surface area contributed by atoms with Crippen LogP contribution in [0.2, 0.25) is 0 Å². The van der Waals surface area contributed by atoms with Crippen molar-refractivity contribution in [2.24, 2.45) is 5.92 Å². The molecule has 0 aromatic heterocycles. The van der Waals surface area contributed by atoms with Crippen LogP contribution in [0.25, 0.3) is 0 Å². The van der Waals surface area contributed by atoms with Crippen LogP contribution in [0.3, 0.4) is 0 Å². The highest BCUT2D eigenvalue weighted by molar-refractivity contribution is 5.16. The van der Waals surface area contributed by atoms with E-state index >= 15 is 0 Å². The highest BCUT2D eigenvalue weighted by Crippen LogP contribution is 2.22. The average Bonchev–Trinajstić information content (AvgIpc) is 2.73. The molecule has 0 saturated heterocycles. The predicted molar refractivity (Wildman–Crippen MR) is 117 cm³/mol. The van der Waals surface area contributed by atoms with Crippen molar-refractivity contribution in [3.05, 3.63) is 108 Å². The first-order valence-electron chi connectivity index (χ1n) is 10.5. The number of rotatable bonds is 11. The predicted octanol–water partition coefficient (Wildman–Crippen LogP) is 7.28. The molecule has 1 atom stereocenters. The lowest BCUT2D eigenvalue weighted by molar-refractivity contribution is 0.415. The average molecular weight is 357 g/mol. The first-order valence-corrected chi connectivity index (χ1v) is 10.5. The van der Waals surface area contributed by atoms with E-state index in [2.05, 4.69) is 91.0 Å². The zero-order valence-corrected chi connectivity index (χ0v) is 16.4. The first-order chi connectivity index (χ1) is 13.4. The lowest BCUT2D eigenvalue weighted by atomic mass is 9.88. The van der Waals surface area contributed by atoms with E-state index in [1.165, 1.54) is 68.1 Å². The van der Waals surface area contributed by atoms with Gasteiger partial charge in [0.1, 0.15) is 0 Å². The summed E-state index contributed by atoms with van der Waals surface area (Å²) in [4.78, 5) is 0. The van der Waals surface area contributed by atoms with E-state index in [0.717, 1.165) is 5.92 Å². The molecule has 3 rings (SSSR count). The molecule has 0 aliphatic rings. The van der Waals surface area contributed by atoms with Gasteiger partial charge in [-0.1, -0.05) is 104 Å². The van der Waals surface area contributed by atoms with E-state index in [9.17, 15) is 0 Å². The van der Waals surface area contributed by atoms with Crippen molar-refractivity contribution in [1.82, 2.24) is 0 Å². The van der Waals surface area contributed by atoms with E-state index in [-0.39, 0.29) is 0 Å². The second kappa shape index (κ2) is 11.4. The lowest BCUT2D eigenvalue weighted by Crippen LogP contribution is -2.06. The van der Waals surface area contributed by atoms with Crippen molar-refractivity contribution in [2.45, 2.75) is 51.4 Å². The molecule has 0 radical (unpaired) electrons. The Morgan fingerprint density at radius 2 is 0.889 bits per heavy atom. The third-order valence-corrected chi connectivity index (χ3v) is 5.46. The molecule has 140 valence electrons. The molecule has 0 N–H and O–H groups in total. The van der Waals surface area contributed by atoms with Crippen molar-refractivity contribution in [2.75, 3.05) is 0 Å². The number of aryl methyl sites for hydroxylation is 2. The van der Waals surface area contributed by atoms with Crippen LogP contribution in [0, 0.1) is 5.92 Å². The third-order valence-electron chi connectivity index (χ3n) is 5.46. The minimum absolute atomic E-state index is 0.798. The van der Waals surface area contributed by atoms with Crippen molar-refractivity contribution >= 4 is 0 Å². The van der Waals surface area contributed by atoms with Gasteiger partial charge in [0.05, 0.1) is 0 Å². The molecule has 0 saturated carbocycles. The van der Waals surface area contributed by atoms with E-state index in [4.69, 9.17) is 0 Å². The van der Waals surface area contributed by atoms with Gasteiger partial charge in [0.25, 0.3) is 0 Å². The van der Waals surface area contributed by atoms with E-state index in [1.807, 2.05) is 0 Å². The lowest BCUT2D eigenvalue weighted by Gasteiger charge is -2.17. The van der Waals surface area contributed by atoms with Crippen molar-refractivity contribution in [1.29, 1.82) is 0 Å². The van der Waals surface area contributed by atoms with Crippen LogP contribution in [-0.4, -0.2) is 0 Å². The Labute approximate surface area is 165 Å². The summed E-state index contributed by atoms with van der Waals surface area (Å²) in [7, 11) is 0. The topological polar surface area (TPSA) is 0 Å². The number of hydrogen-bond acceptors (Lipinski definition) is 0. The standard InChI is InChI=1S/C27H32/c1-4-13-24(14-5-1)17-10-11-20-27(23-26-18-8-3-9-19-26)22-12-21-25-15-6-2-7-16-25/h1-9,13-16,18-19,27H,10-12,17,20-23H2. The molecule has 0 heterocycles. The van der Waals surface area contributed by atoms with Crippen LogP contribution in [0.5, 0.6) is 0 Å². The maximum atomic E-state index is 2.29. The highest BCUT2D eigenvalue weighted by Gasteiger charge is 2.10. The number of benzene rings is 3. The second-order valence-electron chi connectivity index (χ2n) is 7.66. The molecular formula is C27H32. The molecule has 0 nitrogen and oxygen atoms in total. The summed E-state index contributed by atoms with van der Waals surface area (Å²) in [5, 5.41) is 0. The third kappa shape index (κ3) is 7.43. The summed E-state index contributed by atoms with van der Waals surface area (Å²) in [5.41, 5.74) is 4.44. The Morgan fingerprint density at radius 3 is 1.44 bits per heavy atom. The van der Waals surface area contributed by atoms with Crippen molar-refractivity contribution in [3.63, 3.8) is 0 Å². The molecule has 27 heavy (non-hydrogen) atoms. The van der Waals surface area contributed by atoms with Gasteiger partial charge in [-0.2, -0.15) is 0 Å². The fraction of sp³-hybridized carbons (Fsp3) is 0.333. The SMILES string of the molecule is c1ccc(CCCCC(CCCc2ccccc2)Cc2ccccc2)cc1. The van der Waals surface area contributed by atoms with Crippen LogP contribution in [0.15, 0.2) is 91.0 Å². The summed E-state index contributed by atoms with van der Waals surface area (Å²) in [5.74, 6) is 0.798. The molecule has 1 unspecified atom stereocenters. The van der Waals surface area contributed by atoms with Gasteiger partial charge in [0.15, 0.2) is 0 Å². The monoisotopic (exact) mass is 356 g/mol. The Kier molecular flexibility index (Phi) is 8.19. The largest absolute Gasteiger partial charge is 0.0622 e. The Hall–Kier alpha value is -2.34.